The summed E-state index contributed by atoms with van der Waals surface area (Å²) in [6.45, 7) is 0.229. The van der Waals surface area contributed by atoms with Crippen molar-refractivity contribution in [2.24, 2.45) is 7.05 Å². The summed E-state index contributed by atoms with van der Waals surface area (Å²) in [4.78, 5) is -0.0859. The number of aromatic nitrogens is 2. The number of sulfonamides is 1. The molecule has 0 spiro atoms. The highest BCUT2D eigenvalue weighted by Crippen LogP contribution is 2.32. The molecule has 0 unspecified atom stereocenters. The average molecular weight is 349 g/mol. The monoisotopic (exact) mass is 348 g/mol. The maximum atomic E-state index is 12.2. The number of nitrogens with zero attached hydrogens (tertiary/aromatic N) is 2. The molecule has 1 heterocycles. The van der Waals surface area contributed by atoms with Gasteiger partial charge in [0.25, 0.3) is 0 Å². The number of aryl methyl sites for hydroxylation is 1. The molecule has 9 heteroatoms. The summed E-state index contributed by atoms with van der Waals surface area (Å²) in [7, 11) is -1.95. The fraction of sp³-hybridized carbons (Fsp3) is 0.250. The lowest BCUT2D eigenvalue weighted by Gasteiger charge is -2.10. The standard InChI is InChI=1S/C12H14Cl2N4O2S/c1-18-7-8(6-16-18)4-5-17-21(19,20)10-3-2-9(13)12(15)11(10)14/h2-3,6-7,17H,4-5,15H2,1H3. The highest BCUT2D eigenvalue weighted by molar-refractivity contribution is 7.89. The van der Waals surface area contributed by atoms with E-state index in [2.05, 4.69) is 9.82 Å². The van der Waals surface area contributed by atoms with E-state index in [4.69, 9.17) is 28.9 Å². The largest absolute Gasteiger partial charge is 0.396 e. The Bertz CT molecular complexity index is 759. The summed E-state index contributed by atoms with van der Waals surface area (Å²) in [6, 6.07) is 2.73. The Morgan fingerprint density at radius 3 is 2.71 bits per heavy atom. The highest BCUT2D eigenvalue weighted by Gasteiger charge is 2.20. The minimum atomic E-state index is -3.74. The van der Waals surface area contributed by atoms with Gasteiger partial charge in [0, 0.05) is 19.8 Å². The minimum Gasteiger partial charge on any atom is -0.396 e. The quantitative estimate of drug-likeness (QED) is 0.806. The van der Waals surface area contributed by atoms with Crippen molar-refractivity contribution >= 4 is 38.9 Å². The van der Waals surface area contributed by atoms with Crippen molar-refractivity contribution in [1.29, 1.82) is 0 Å². The van der Waals surface area contributed by atoms with E-state index in [1.807, 2.05) is 6.20 Å². The molecule has 1 aromatic heterocycles. The van der Waals surface area contributed by atoms with Gasteiger partial charge in [-0.1, -0.05) is 23.2 Å². The Labute approximate surface area is 132 Å². The first-order valence-corrected chi connectivity index (χ1v) is 8.26. The van der Waals surface area contributed by atoms with Crippen LogP contribution >= 0.6 is 23.2 Å². The maximum absolute atomic E-state index is 12.2. The molecule has 0 aliphatic heterocycles. The van der Waals surface area contributed by atoms with E-state index in [9.17, 15) is 8.42 Å². The number of nitrogen functional groups attached to an aromatic ring is 1. The van der Waals surface area contributed by atoms with Gasteiger partial charge >= 0.3 is 0 Å². The number of benzene rings is 1. The zero-order valence-electron chi connectivity index (χ0n) is 11.2. The predicted octanol–water partition coefficient (Wildman–Crippen LogP) is 1.83. The van der Waals surface area contributed by atoms with E-state index >= 15 is 0 Å². The van der Waals surface area contributed by atoms with E-state index < -0.39 is 10.0 Å². The predicted molar refractivity (Wildman–Crippen MR) is 83.0 cm³/mol. The van der Waals surface area contributed by atoms with Crippen LogP contribution in [0.3, 0.4) is 0 Å². The third-order valence-electron chi connectivity index (χ3n) is 2.84. The van der Waals surface area contributed by atoms with Gasteiger partial charge in [0.1, 0.15) is 4.90 Å². The lowest BCUT2D eigenvalue weighted by molar-refractivity contribution is 0.581. The van der Waals surface area contributed by atoms with Crippen molar-refractivity contribution < 1.29 is 8.42 Å². The molecular formula is C12H14Cl2N4O2S. The van der Waals surface area contributed by atoms with Gasteiger partial charge in [-0.25, -0.2) is 13.1 Å². The first-order chi connectivity index (χ1) is 9.81. The van der Waals surface area contributed by atoms with E-state index in [1.54, 1.807) is 17.9 Å². The molecule has 0 saturated heterocycles. The van der Waals surface area contributed by atoms with Crippen molar-refractivity contribution in [3.8, 4) is 0 Å². The fourth-order valence-electron chi connectivity index (χ4n) is 1.77. The SMILES string of the molecule is Cn1cc(CCNS(=O)(=O)c2ccc(Cl)c(N)c2Cl)cn1. The Kier molecular flexibility index (Phi) is 4.77. The van der Waals surface area contributed by atoms with Crippen molar-refractivity contribution in [2.75, 3.05) is 12.3 Å². The minimum absolute atomic E-state index is 0.0495. The number of anilines is 1. The van der Waals surface area contributed by atoms with Crippen molar-refractivity contribution in [1.82, 2.24) is 14.5 Å². The average Bonchev–Trinajstić information content (AvgIpc) is 2.81. The van der Waals surface area contributed by atoms with E-state index in [-0.39, 0.29) is 27.2 Å². The fourth-order valence-corrected chi connectivity index (χ4v) is 3.56. The molecule has 114 valence electrons. The first-order valence-electron chi connectivity index (χ1n) is 6.02. The number of nitrogens with one attached hydrogen (secondary N) is 1. The normalized spacial score (nSPS) is 11.8. The van der Waals surface area contributed by atoms with Gasteiger partial charge in [-0.3, -0.25) is 4.68 Å². The van der Waals surface area contributed by atoms with Gasteiger partial charge in [-0.05, 0) is 24.1 Å². The van der Waals surface area contributed by atoms with Crippen molar-refractivity contribution in [3.05, 3.63) is 40.1 Å². The summed E-state index contributed by atoms with van der Waals surface area (Å²) >= 11 is 11.7. The topological polar surface area (TPSA) is 90.0 Å². The van der Waals surface area contributed by atoms with Crippen LogP contribution in [0.15, 0.2) is 29.4 Å². The van der Waals surface area contributed by atoms with Gasteiger partial charge in [-0.15, -0.1) is 0 Å². The molecular weight excluding hydrogens is 335 g/mol. The van der Waals surface area contributed by atoms with Crippen LogP contribution in [0.2, 0.25) is 10.0 Å². The number of halogens is 2. The van der Waals surface area contributed by atoms with Crippen LogP contribution in [0.4, 0.5) is 5.69 Å². The molecule has 0 atom stereocenters. The van der Waals surface area contributed by atoms with E-state index in [1.165, 1.54) is 12.1 Å². The van der Waals surface area contributed by atoms with Crippen molar-refractivity contribution in [2.45, 2.75) is 11.3 Å². The molecule has 0 bridgehead atoms. The number of hydrogen-bond acceptors (Lipinski definition) is 4. The Hall–Kier alpha value is -1.28. The molecule has 1 aromatic carbocycles. The number of rotatable bonds is 5. The first kappa shape index (κ1) is 16.1. The lowest BCUT2D eigenvalue weighted by atomic mass is 10.3. The van der Waals surface area contributed by atoms with Gasteiger partial charge in [0.15, 0.2) is 0 Å². The second-order valence-corrected chi connectivity index (χ2v) is 6.96. The third kappa shape index (κ3) is 3.68. The molecule has 2 aromatic rings. The molecule has 6 nitrogen and oxygen atoms in total. The van der Waals surface area contributed by atoms with Crippen LogP contribution in [0, 0.1) is 0 Å². The molecule has 0 radical (unpaired) electrons. The van der Waals surface area contributed by atoms with Crippen LogP contribution in [-0.2, 0) is 23.5 Å². The summed E-state index contributed by atoms with van der Waals surface area (Å²) in [5, 5.41) is 4.16. The Morgan fingerprint density at radius 2 is 2.10 bits per heavy atom. The van der Waals surface area contributed by atoms with E-state index in [0.717, 1.165) is 5.56 Å². The molecule has 0 aliphatic rings. The molecule has 0 aliphatic carbocycles. The summed E-state index contributed by atoms with van der Waals surface area (Å²) < 4.78 is 28.5. The lowest BCUT2D eigenvalue weighted by Crippen LogP contribution is -2.26. The summed E-state index contributed by atoms with van der Waals surface area (Å²) in [5.74, 6) is 0. The smallest absolute Gasteiger partial charge is 0.242 e. The van der Waals surface area contributed by atoms with Crippen LogP contribution in [0.5, 0.6) is 0 Å². The summed E-state index contributed by atoms with van der Waals surface area (Å²) in [6.07, 6.45) is 4.02. The number of hydrogen-bond donors (Lipinski definition) is 2. The molecule has 3 N–H and O–H groups in total. The molecule has 2 rings (SSSR count). The molecule has 0 saturated carbocycles. The van der Waals surface area contributed by atoms with Crippen molar-refractivity contribution in [3.63, 3.8) is 0 Å². The van der Waals surface area contributed by atoms with Crippen LogP contribution in [0.1, 0.15) is 5.56 Å². The highest BCUT2D eigenvalue weighted by atomic mass is 35.5. The second-order valence-electron chi connectivity index (χ2n) is 4.44. The molecule has 0 amide bonds. The zero-order chi connectivity index (χ0) is 15.6. The Balaban J connectivity index is 2.10. The van der Waals surface area contributed by atoms with Gasteiger partial charge in [-0.2, -0.15) is 5.10 Å². The van der Waals surface area contributed by atoms with Gasteiger partial charge in [0.05, 0.1) is 21.9 Å². The van der Waals surface area contributed by atoms with Gasteiger partial charge < -0.3 is 5.73 Å². The third-order valence-corrected chi connectivity index (χ3v) is 5.20. The van der Waals surface area contributed by atoms with E-state index in [0.29, 0.717) is 6.42 Å². The zero-order valence-corrected chi connectivity index (χ0v) is 13.5. The number of nitrogens with two attached hydrogens (primary N) is 1. The molecule has 0 fully saturated rings. The van der Waals surface area contributed by atoms with Crippen LogP contribution in [-0.4, -0.2) is 24.7 Å². The Morgan fingerprint density at radius 1 is 1.38 bits per heavy atom. The van der Waals surface area contributed by atoms with Crippen LogP contribution in [0.25, 0.3) is 0 Å². The summed E-state index contributed by atoms with van der Waals surface area (Å²) in [5.41, 5.74) is 6.62. The van der Waals surface area contributed by atoms with Gasteiger partial charge in [0.2, 0.25) is 10.0 Å². The molecule has 21 heavy (non-hydrogen) atoms. The second kappa shape index (κ2) is 6.23. The van der Waals surface area contributed by atoms with Crippen LogP contribution < -0.4 is 10.5 Å². The maximum Gasteiger partial charge on any atom is 0.242 e.